The van der Waals surface area contributed by atoms with Crippen molar-refractivity contribution in [1.29, 1.82) is 0 Å². The fraction of sp³-hybridized carbons (Fsp3) is 0.105. The van der Waals surface area contributed by atoms with Gasteiger partial charge in [0.25, 0.3) is 11.8 Å². The number of aromatic nitrogens is 3. The SMILES string of the molecule is CC(=O)NNC(=O)c1ccc(Cl)c(C)c1NC(=O)c1cc(Br)nn1-c1ncccc1Cl. The Morgan fingerprint density at radius 2 is 1.81 bits per heavy atom. The minimum atomic E-state index is -0.632. The number of benzene rings is 1. The van der Waals surface area contributed by atoms with Crippen molar-refractivity contribution in [3.8, 4) is 5.82 Å². The standard InChI is InChI=1S/C19H15BrCl2N6O3/c1-9-12(21)6-5-11(18(30)26-25-10(2)29)16(9)24-19(31)14-8-15(20)27-28(14)17-13(22)4-3-7-23-17/h3-8H,1-2H3,(H,24,31)(H,25,29)(H,26,30). The normalized spacial score (nSPS) is 10.5. The number of pyridine rings is 1. The Hall–Kier alpha value is -2.95. The van der Waals surface area contributed by atoms with Gasteiger partial charge in [0.1, 0.15) is 10.3 Å². The van der Waals surface area contributed by atoms with Crippen molar-refractivity contribution < 1.29 is 14.4 Å². The molecule has 0 aliphatic rings. The fourth-order valence-electron chi connectivity index (χ4n) is 2.63. The van der Waals surface area contributed by atoms with Gasteiger partial charge in [-0.25, -0.2) is 9.67 Å². The number of nitrogens with one attached hydrogen (secondary N) is 3. The molecule has 0 fully saturated rings. The fourth-order valence-corrected chi connectivity index (χ4v) is 3.37. The number of carbonyl (C=O) groups excluding carboxylic acids is 3. The lowest BCUT2D eigenvalue weighted by molar-refractivity contribution is -0.119. The van der Waals surface area contributed by atoms with Crippen LogP contribution in [0.15, 0.2) is 41.1 Å². The van der Waals surface area contributed by atoms with Crippen LogP contribution in [0.5, 0.6) is 0 Å². The second-order valence-electron chi connectivity index (χ2n) is 6.26. The highest BCUT2D eigenvalue weighted by molar-refractivity contribution is 9.10. The molecule has 0 aliphatic carbocycles. The van der Waals surface area contributed by atoms with E-state index in [2.05, 4.69) is 42.2 Å². The Bertz CT molecular complexity index is 1200. The zero-order valence-corrected chi connectivity index (χ0v) is 19.3. The lowest BCUT2D eigenvalue weighted by atomic mass is 10.1. The van der Waals surface area contributed by atoms with E-state index in [4.69, 9.17) is 23.2 Å². The largest absolute Gasteiger partial charge is 0.320 e. The van der Waals surface area contributed by atoms with Crippen molar-refractivity contribution in [2.75, 3.05) is 5.32 Å². The van der Waals surface area contributed by atoms with Crippen molar-refractivity contribution in [2.24, 2.45) is 0 Å². The second kappa shape index (κ2) is 9.46. The molecule has 2 heterocycles. The van der Waals surface area contributed by atoms with Crippen LogP contribution in [0, 0.1) is 6.92 Å². The van der Waals surface area contributed by atoms with Gasteiger partial charge in [0.15, 0.2) is 5.82 Å². The van der Waals surface area contributed by atoms with Gasteiger partial charge in [-0.1, -0.05) is 23.2 Å². The first kappa shape index (κ1) is 22.7. The number of halogens is 3. The molecule has 31 heavy (non-hydrogen) atoms. The molecule has 1 aromatic carbocycles. The summed E-state index contributed by atoms with van der Waals surface area (Å²) in [5.41, 5.74) is 5.32. The Balaban J connectivity index is 2.00. The van der Waals surface area contributed by atoms with Crippen LogP contribution in [0.25, 0.3) is 5.82 Å². The van der Waals surface area contributed by atoms with Gasteiger partial charge in [-0.2, -0.15) is 5.10 Å². The summed E-state index contributed by atoms with van der Waals surface area (Å²) in [5, 5.41) is 7.56. The van der Waals surface area contributed by atoms with E-state index in [0.717, 1.165) is 0 Å². The van der Waals surface area contributed by atoms with Gasteiger partial charge in [0.2, 0.25) is 5.91 Å². The summed E-state index contributed by atoms with van der Waals surface area (Å²) in [6, 6.07) is 7.71. The Morgan fingerprint density at radius 1 is 1.06 bits per heavy atom. The maximum Gasteiger partial charge on any atom is 0.274 e. The number of nitrogens with zero attached hydrogens (tertiary/aromatic N) is 3. The smallest absolute Gasteiger partial charge is 0.274 e. The molecule has 160 valence electrons. The minimum absolute atomic E-state index is 0.102. The van der Waals surface area contributed by atoms with Gasteiger partial charge >= 0.3 is 0 Å². The molecule has 0 radical (unpaired) electrons. The lowest BCUT2D eigenvalue weighted by Crippen LogP contribution is -2.40. The molecule has 0 aliphatic heterocycles. The van der Waals surface area contributed by atoms with Crippen LogP contribution in [0.1, 0.15) is 33.3 Å². The molecule has 2 aromatic heterocycles. The molecular weight excluding hydrogens is 511 g/mol. The van der Waals surface area contributed by atoms with Gasteiger partial charge in [-0.05, 0) is 52.7 Å². The van der Waals surface area contributed by atoms with Crippen LogP contribution >= 0.6 is 39.1 Å². The molecule has 0 unspecified atom stereocenters. The molecule has 0 saturated heterocycles. The number of hydrogen-bond acceptors (Lipinski definition) is 5. The molecule has 0 bridgehead atoms. The van der Waals surface area contributed by atoms with Crippen molar-refractivity contribution in [2.45, 2.75) is 13.8 Å². The zero-order chi connectivity index (χ0) is 22.7. The summed E-state index contributed by atoms with van der Waals surface area (Å²) in [5.74, 6) is -1.41. The minimum Gasteiger partial charge on any atom is -0.320 e. The average molecular weight is 526 g/mol. The van der Waals surface area contributed by atoms with E-state index < -0.39 is 17.7 Å². The first-order chi connectivity index (χ1) is 14.7. The van der Waals surface area contributed by atoms with Gasteiger partial charge in [0, 0.05) is 24.2 Å². The second-order valence-corrected chi connectivity index (χ2v) is 7.88. The maximum atomic E-state index is 13.1. The first-order valence-electron chi connectivity index (χ1n) is 8.73. The molecule has 3 amide bonds. The van der Waals surface area contributed by atoms with Gasteiger partial charge in [-0.3, -0.25) is 25.2 Å². The molecule has 3 rings (SSSR count). The van der Waals surface area contributed by atoms with E-state index in [1.807, 2.05) is 0 Å². The Kier molecular flexibility index (Phi) is 6.94. The van der Waals surface area contributed by atoms with Crippen LogP contribution in [0.2, 0.25) is 10.0 Å². The average Bonchev–Trinajstić information content (AvgIpc) is 3.11. The van der Waals surface area contributed by atoms with Gasteiger partial charge < -0.3 is 5.32 Å². The Morgan fingerprint density at radius 3 is 2.48 bits per heavy atom. The van der Waals surface area contributed by atoms with Crippen LogP contribution in [0.4, 0.5) is 5.69 Å². The summed E-state index contributed by atoms with van der Waals surface area (Å²) < 4.78 is 1.66. The topological polar surface area (TPSA) is 118 Å². The van der Waals surface area contributed by atoms with Gasteiger partial charge in [0.05, 0.1) is 16.3 Å². The number of carbonyl (C=O) groups is 3. The molecule has 3 aromatic rings. The van der Waals surface area contributed by atoms with Crippen LogP contribution in [-0.4, -0.2) is 32.5 Å². The van der Waals surface area contributed by atoms with E-state index in [1.54, 1.807) is 19.1 Å². The highest BCUT2D eigenvalue weighted by atomic mass is 79.9. The van der Waals surface area contributed by atoms with Crippen molar-refractivity contribution in [3.63, 3.8) is 0 Å². The Labute approximate surface area is 195 Å². The van der Waals surface area contributed by atoms with E-state index in [9.17, 15) is 14.4 Å². The molecule has 0 spiro atoms. The third kappa shape index (κ3) is 5.04. The predicted octanol–water partition coefficient (Wildman–Crippen LogP) is 3.68. The molecule has 0 atom stereocenters. The highest BCUT2D eigenvalue weighted by Gasteiger charge is 2.22. The lowest BCUT2D eigenvalue weighted by Gasteiger charge is -2.15. The van der Waals surface area contributed by atoms with E-state index in [1.165, 1.54) is 36.0 Å². The van der Waals surface area contributed by atoms with E-state index >= 15 is 0 Å². The van der Waals surface area contributed by atoms with Crippen molar-refractivity contribution >= 4 is 62.5 Å². The third-order valence-corrected chi connectivity index (χ3v) is 5.18. The summed E-state index contributed by atoms with van der Waals surface area (Å²) in [7, 11) is 0. The van der Waals surface area contributed by atoms with Crippen LogP contribution < -0.4 is 16.2 Å². The number of rotatable bonds is 4. The summed E-state index contributed by atoms with van der Waals surface area (Å²) in [4.78, 5) is 40.9. The maximum absolute atomic E-state index is 13.1. The van der Waals surface area contributed by atoms with Gasteiger partial charge in [-0.15, -0.1) is 0 Å². The van der Waals surface area contributed by atoms with E-state index in [-0.39, 0.29) is 22.8 Å². The molecule has 9 nitrogen and oxygen atoms in total. The quantitative estimate of drug-likeness (QED) is 0.449. The molecule has 3 N–H and O–H groups in total. The molecular formula is C19H15BrCl2N6O3. The summed E-state index contributed by atoms with van der Waals surface area (Å²) in [6.45, 7) is 2.90. The highest BCUT2D eigenvalue weighted by Crippen LogP contribution is 2.29. The third-order valence-electron chi connectivity index (χ3n) is 4.09. The first-order valence-corrected chi connectivity index (χ1v) is 10.3. The van der Waals surface area contributed by atoms with Crippen molar-refractivity contribution in [3.05, 3.63) is 68.0 Å². The number of amides is 3. The molecule has 12 heteroatoms. The van der Waals surface area contributed by atoms with Crippen molar-refractivity contribution in [1.82, 2.24) is 25.6 Å². The molecule has 0 saturated carbocycles. The number of anilines is 1. The number of hydrazine groups is 1. The summed E-state index contributed by atoms with van der Waals surface area (Å²) in [6.07, 6.45) is 1.52. The predicted molar refractivity (Wildman–Crippen MR) is 119 cm³/mol. The zero-order valence-electron chi connectivity index (χ0n) is 16.2. The van der Waals surface area contributed by atoms with Crippen LogP contribution in [0.3, 0.4) is 0 Å². The summed E-state index contributed by atoms with van der Waals surface area (Å²) >= 11 is 15.6. The monoisotopic (exact) mass is 524 g/mol. The van der Waals surface area contributed by atoms with E-state index in [0.29, 0.717) is 20.2 Å². The number of hydrogen-bond donors (Lipinski definition) is 3. The van der Waals surface area contributed by atoms with Crippen LogP contribution in [-0.2, 0) is 4.79 Å².